The summed E-state index contributed by atoms with van der Waals surface area (Å²) in [5, 5.41) is 18.6. The fourth-order valence-electron chi connectivity index (χ4n) is 4.00. The molecule has 0 radical (unpaired) electrons. The minimum absolute atomic E-state index is 0.0953. The highest BCUT2D eigenvalue weighted by Crippen LogP contribution is 2.34. The van der Waals surface area contributed by atoms with E-state index in [4.69, 9.17) is 0 Å². The molecular formula is C18H19F2N3O2. The molecule has 2 saturated heterocycles. The molecule has 1 aromatic carbocycles. The number of piperidine rings is 1. The lowest BCUT2D eigenvalue weighted by molar-refractivity contribution is -0.0249. The van der Waals surface area contributed by atoms with E-state index in [2.05, 4.69) is 10.4 Å². The molecule has 0 saturated carbocycles. The first-order chi connectivity index (χ1) is 11.9. The van der Waals surface area contributed by atoms with Gasteiger partial charge in [-0.3, -0.25) is 4.79 Å². The Hall–Kier alpha value is -2.12. The fraction of sp³-hybridized carbons (Fsp3) is 0.444. The van der Waals surface area contributed by atoms with E-state index >= 15 is 0 Å². The van der Waals surface area contributed by atoms with E-state index in [1.165, 1.54) is 22.9 Å². The molecule has 0 amide bonds. The average Bonchev–Trinajstić information content (AvgIpc) is 2.91. The molecule has 2 fully saturated rings. The molecule has 132 valence electrons. The molecule has 2 aliphatic rings. The third kappa shape index (κ3) is 3.21. The Balaban J connectivity index is 1.64. The molecule has 5 nitrogen and oxygen atoms in total. The molecule has 0 aliphatic carbocycles. The van der Waals surface area contributed by atoms with E-state index in [9.17, 15) is 18.7 Å². The number of halogens is 2. The van der Waals surface area contributed by atoms with Gasteiger partial charge in [-0.25, -0.2) is 13.5 Å². The lowest BCUT2D eigenvalue weighted by atomic mass is 9.87. The van der Waals surface area contributed by atoms with Gasteiger partial charge in [0.05, 0.1) is 17.8 Å². The largest absolute Gasteiger partial charge is 0.388 e. The van der Waals surface area contributed by atoms with Gasteiger partial charge in [-0.2, -0.15) is 5.10 Å². The zero-order chi connectivity index (χ0) is 17.6. The summed E-state index contributed by atoms with van der Waals surface area (Å²) in [6.45, 7) is 0.0953. The van der Waals surface area contributed by atoms with Crippen molar-refractivity contribution in [1.29, 1.82) is 0 Å². The van der Waals surface area contributed by atoms with Crippen LogP contribution >= 0.6 is 0 Å². The van der Waals surface area contributed by atoms with E-state index in [-0.39, 0.29) is 24.2 Å². The lowest BCUT2D eigenvalue weighted by Crippen LogP contribution is -2.51. The topological polar surface area (TPSA) is 67.2 Å². The Morgan fingerprint density at radius 1 is 1.16 bits per heavy atom. The van der Waals surface area contributed by atoms with Crippen molar-refractivity contribution < 1.29 is 13.9 Å². The molecule has 2 atom stereocenters. The molecule has 0 spiro atoms. The quantitative estimate of drug-likeness (QED) is 0.889. The summed E-state index contributed by atoms with van der Waals surface area (Å²) in [7, 11) is 0. The van der Waals surface area contributed by atoms with Crippen molar-refractivity contribution in [3.63, 3.8) is 0 Å². The SMILES string of the molecule is O=c1ccc(-c2ccc(F)c(F)c2)nn1CC1(O)C[C@H]2CC[C@H](C1)N2. The summed E-state index contributed by atoms with van der Waals surface area (Å²) < 4.78 is 27.8. The Morgan fingerprint density at radius 2 is 1.88 bits per heavy atom. The number of aliphatic hydroxyl groups is 1. The Bertz CT molecular complexity index is 856. The number of benzene rings is 1. The summed E-state index contributed by atoms with van der Waals surface area (Å²) in [6.07, 6.45) is 3.22. The van der Waals surface area contributed by atoms with Crippen molar-refractivity contribution in [2.75, 3.05) is 0 Å². The standard InChI is InChI=1S/C18H19F2N3O2/c19-14-4-1-11(7-15(14)20)16-5-6-17(24)23(22-16)10-18(25)8-12-2-3-13(9-18)21-12/h1,4-7,12-13,21,25H,2-3,8-10H2/t12-,13-/m1/s1. The maximum Gasteiger partial charge on any atom is 0.266 e. The van der Waals surface area contributed by atoms with E-state index in [1.54, 1.807) is 0 Å². The van der Waals surface area contributed by atoms with Crippen LogP contribution in [0, 0.1) is 11.6 Å². The van der Waals surface area contributed by atoms with Gasteiger partial charge in [0, 0.05) is 23.7 Å². The third-order valence-corrected chi connectivity index (χ3v) is 5.11. The highest BCUT2D eigenvalue weighted by Gasteiger charge is 2.42. The molecule has 2 N–H and O–H groups in total. The molecule has 2 bridgehead atoms. The highest BCUT2D eigenvalue weighted by atomic mass is 19.2. The molecule has 25 heavy (non-hydrogen) atoms. The normalized spacial score (nSPS) is 28.3. The second-order valence-corrected chi connectivity index (χ2v) is 7.11. The number of fused-ring (bicyclic) bond motifs is 2. The molecular weight excluding hydrogens is 328 g/mol. The van der Waals surface area contributed by atoms with Crippen LogP contribution in [-0.2, 0) is 6.54 Å². The summed E-state index contributed by atoms with van der Waals surface area (Å²) in [4.78, 5) is 12.2. The van der Waals surface area contributed by atoms with Crippen molar-refractivity contribution in [2.45, 2.75) is 49.9 Å². The van der Waals surface area contributed by atoms with Gasteiger partial charge in [0.15, 0.2) is 11.6 Å². The van der Waals surface area contributed by atoms with Gasteiger partial charge >= 0.3 is 0 Å². The van der Waals surface area contributed by atoms with Crippen molar-refractivity contribution >= 4 is 0 Å². The highest BCUT2D eigenvalue weighted by molar-refractivity contribution is 5.58. The fourth-order valence-corrected chi connectivity index (χ4v) is 4.00. The van der Waals surface area contributed by atoms with Crippen molar-refractivity contribution in [3.05, 3.63) is 52.3 Å². The lowest BCUT2D eigenvalue weighted by Gasteiger charge is -2.37. The third-order valence-electron chi connectivity index (χ3n) is 5.11. The van der Waals surface area contributed by atoms with E-state index < -0.39 is 17.2 Å². The van der Waals surface area contributed by atoms with Gasteiger partial charge in [0.1, 0.15) is 0 Å². The maximum absolute atomic E-state index is 13.5. The molecule has 2 aliphatic heterocycles. The van der Waals surface area contributed by atoms with Crippen LogP contribution < -0.4 is 10.9 Å². The number of aromatic nitrogens is 2. The van der Waals surface area contributed by atoms with E-state index in [1.807, 2.05) is 0 Å². The minimum Gasteiger partial charge on any atom is -0.388 e. The van der Waals surface area contributed by atoms with Gasteiger partial charge < -0.3 is 10.4 Å². The molecule has 2 aromatic rings. The summed E-state index contributed by atoms with van der Waals surface area (Å²) >= 11 is 0. The van der Waals surface area contributed by atoms with Crippen molar-refractivity contribution in [1.82, 2.24) is 15.1 Å². The van der Waals surface area contributed by atoms with Gasteiger partial charge in [-0.1, -0.05) is 0 Å². The molecule has 4 rings (SSSR count). The van der Waals surface area contributed by atoms with Crippen LogP contribution in [0.2, 0.25) is 0 Å². The first-order valence-electron chi connectivity index (χ1n) is 8.44. The Kier molecular flexibility index (Phi) is 3.92. The smallest absolute Gasteiger partial charge is 0.266 e. The number of hydrogen-bond donors (Lipinski definition) is 2. The zero-order valence-electron chi connectivity index (χ0n) is 13.6. The van der Waals surface area contributed by atoms with Crippen LogP contribution in [0.25, 0.3) is 11.3 Å². The number of rotatable bonds is 3. The van der Waals surface area contributed by atoms with Crippen molar-refractivity contribution in [3.8, 4) is 11.3 Å². The van der Waals surface area contributed by atoms with Gasteiger partial charge in [0.25, 0.3) is 5.56 Å². The first-order valence-corrected chi connectivity index (χ1v) is 8.44. The van der Waals surface area contributed by atoms with Crippen LogP contribution in [0.1, 0.15) is 25.7 Å². The van der Waals surface area contributed by atoms with Gasteiger partial charge in [0.2, 0.25) is 0 Å². The zero-order valence-corrected chi connectivity index (χ0v) is 13.6. The summed E-state index contributed by atoms with van der Waals surface area (Å²) in [5.41, 5.74) is -0.574. The second kappa shape index (κ2) is 6.00. The number of nitrogens with one attached hydrogen (secondary N) is 1. The average molecular weight is 347 g/mol. The van der Waals surface area contributed by atoms with E-state index in [0.29, 0.717) is 24.1 Å². The van der Waals surface area contributed by atoms with Gasteiger partial charge in [-0.15, -0.1) is 0 Å². The van der Waals surface area contributed by atoms with Crippen LogP contribution in [0.15, 0.2) is 35.1 Å². The summed E-state index contributed by atoms with van der Waals surface area (Å²) in [6, 6.07) is 6.84. The van der Waals surface area contributed by atoms with Crippen LogP contribution in [0.4, 0.5) is 8.78 Å². The predicted molar refractivity (Wildman–Crippen MR) is 88.0 cm³/mol. The summed E-state index contributed by atoms with van der Waals surface area (Å²) in [5.74, 6) is -1.90. The Morgan fingerprint density at radius 3 is 2.56 bits per heavy atom. The van der Waals surface area contributed by atoms with Crippen molar-refractivity contribution in [2.24, 2.45) is 0 Å². The molecule has 0 unspecified atom stereocenters. The Labute approximate surface area is 143 Å². The van der Waals surface area contributed by atoms with Gasteiger partial charge in [-0.05, 0) is 49.9 Å². The van der Waals surface area contributed by atoms with Crippen LogP contribution in [0.3, 0.4) is 0 Å². The molecule has 1 aromatic heterocycles. The number of nitrogens with zero attached hydrogens (tertiary/aromatic N) is 2. The number of hydrogen-bond acceptors (Lipinski definition) is 4. The van der Waals surface area contributed by atoms with Crippen LogP contribution in [0.5, 0.6) is 0 Å². The minimum atomic E-state index is -0.986. The van der Waals surface area contributed by atoms with E-state index in [0.717, 1.165) is 25.0 Å². The van der Waals surface area contributed by atoms with Crippen LogP contribution in [-0.4, -0.2) is 32.6 Å². The first kappa shape index (κ1) is 16.4. The second-order valence-electron chi connectivity index (χ2n) is 7.11. The maximum atomic E-state index is 13.5. The monoisotopic (exact) mass is 347 g/mol. The predicted octanol–water partition coefficient (Wildman–Crippen LogP) is 1.83. The molecule has 7 heteroatoms. The molecule has 3 heterocycles.